The predicted octanol–water partition coefficient (Wildman–Crippen LogP) is 4.39. The van der Waals surface area contributed by atoms with Crippen LogP contribution in [-0.4, -0.2) is 48.5 Å². The molecular weight excluding hydrogens is 575 g/mol. The number of sulfone groups is 1. The third kappa shape index (κ3) is 5.54. The van der Waals surface area contributed by atoms with Gasteiger partial charge in [-0.3, -0.25) is 9.78 Å². The lowest BCUT2D eigenvalue weighted by atomic mass is 10.1. The maximum absolute atomic E-state index is 14.7. The fraction of sp³-hybridized carbons (Fsp3) is 0.231. The first-order valence-corrected chi connectivity index (χ1v) is 13.4. The van der Waals surface area contributed by atoms with Gasteiger partial charge >= 0.3 is 6.18 Å². The van der Waals surface area contributed by atoms with E-state index in [9.17, 15) is 35.2 Å². The van der Waals surface area contributed by atoms with Crippen molar-refractivity contribution < 1.29 is 44.6 Å². The van der Waals surface area contributed by atoms with E-state index in [1.165, 1.54) is 25.4 Å². The third-order valence-electron chi connectivity index (χ3n) is 6.24. The van der Waals surface area contributed by atoms with E-state index >= 15 is 0 Å². The number of aromatic nitrogens is 3. The molecule has 1 amide bonds. The highest BCUT2D eigenvalue weighted by Crippen LogP contribution is 2.34. The minimum atomic E-state index is -4.66. The van der Waals surface area contributed by atoms with E-state index in [4.69, 9.17) is 9.47 Å². The summed E-state index contributed by atoms with van der Waals surface area (Å²) < 4.78 is 103. The molecule has 1 atom stereocenters. The summed E-state index contributed by atoms with van der Waals surface area (Å²) in [6, 6.07) is 8.47. The summed E-state index contributed by atoms with van der Waals surface area (Å²) in [6.07, 6.45) is -3.19. The van der Waals surface area contributed by atoms with Crippen molar-refractivity contribution in [1.29, 1.82) is 0 Å². The lowest BCUT2D eigenvalue weighted by molar-refractivity contribution is -0.141. The standard InChI is InChI=1S/C26H19F5N4O5S/c1-39-25-16(3-5-22(35-25)26(29,30)31)19-4-2-13-9-32-15(8-20(13)34-19)10-33-24(36)14-6-18(27)17-11-40-12-23(28)41(37,38)21(17)7-14/h2-9,23H,10-12H2,1H3,(H,33,36)/t23-/m1/s1. The number of alkyl halides is 4. The van der Waals surface area contributed by atoms with Crippen LogP contribution in [0.3, 0.4) is 0 Å². The first-order chi connectivity index (χ1) is 19.4. The number of nitrogens with one attached hydrogen (secondary N) is 1. The quantitative estimate of drug-likeness (QED) is 0.338. The number of amides is 1. The van der Waals surface area contributed by atoms with Crippen molar-refractivity contribution in [2.45, 2.75) is 29.7 Å². The number of carbonyl (C=O) groups is 1. The molecule has 0 unspecified atom stereocenters. The van der Waals surface area contributed by atoms with Crippen molar-refractivity contribution in [2.24, 2.45) is 0 Å². The SMILES string of the molecule is COc1nc(C(F)(F)F)ccc1-c1ccc2cnc(CNC(=O)c3cc(F)c4c(c3)S(=O)(=O)[C@@H](F)COC4)cc2n1. The summed E-state index contributed by atoms with van der Waals surface area (Å²) in [4.78, 5) is 24.3. The molecule has 1 aliphatic rings. The van der Waals surface area contributed by atoms with Gasteiger partial charge in [0.2, 0.25) is 21.2 Å². The number of methoxy groups -OCH3 is 1. The monoisotopic (exact) mass is 594 g/mol. The summed E-state index contributed by atoms with van der Waals surface area (Å²) in [5.74, 6) is -2.14. The van der Waals surface area contributed by atoms with E-state index in [1.54, 1.807) is 12.1 Å². The number of benzene rings is 1. The fourth-order valence-electron chi connectivity index (χ4n) is 4.14. The summed E-state index contributed by atoms with van der Waals surface area (Å²) in [5.41, 5.74) is -3.04. The van der Waals surface area contributed by atoms with Crippen molar-refractivity contribution >= 4 is 26.6 Å². The molecule has 0 saturated carbocycles. The van der Waals surface area contributed by atoms with E-state index in [1.807, 2.05) is 0 Å². The van der Waals surface area contributed by atoms with Crippen LogP contribution in [0, 0.1) is 5.82 Å². The molecule has 5 rings (SSSR count). The Morgan fingerprint density at radius 3 is 2.66 bits per heavy atom. The Labute approximate surface area is 229 Å². The van der Waals surface area contributed by atoms with Gasteiger partial charge in [0.05, 0.1) is 54.2 Å². The minimum Gasteiger partial charge on any atom is -0.480 e. The maximum atomic E-state index is 14.7. The zero-order valence-electron chi connectivity index (χ0n) is 21.0. The topological polar surface area (TPSA) is 120 Å². The Kier molecular flexibility index (Phi) is 7.33. The van der Waals surface area contributed by atoms with Gasteiger partial charge in [-0.2, -0.15) is 13.2 Å². The molecule has 1 aliphatic heterocycles. The summed E-state index contributed by atoms with van der Waals surface area (Å²) in [7, 11) is -3.38. The van der Waals surface area contributed by atoms with Crippen LogP contribution in [-0.2, 0) is 33.9 Å². The van der Waals surface area contributed by atoms with Gasteiger partial charge in [0.25, 0.3) is 5.91 Å². The van der Waals surface area contributed by atoms with Crippen LogP contribution < -0.4 is 10.1 Å². The summed E-state index contributed by atoms with van der Waals surface area (Å²) in [6.45, 7) is -1.40. The van der Waals surface area contributed by atoms with Gasteiger partial charge in [0, 0.05) is 22.7 Å². The molecule has 1 N–H and O–H groups in total. The number of rotatable bonds is 5. The number of halogens is 5. The van der Waals surface area contributed by atoms with Crippen molar-refractivity contribution in [1.82, 2.24) is 20.3 Å². The van der Waals surface area contributed by atoms with Gasteiger partial charge in [0.1, 0.15) is 11.5 Å². The van der Waals surface area contributed by atoms with Crippen molar-refractivity contribution in [3.05, 3.63) is 77.0 Å². The lowest BCUT2D eigenvalue weighted by Gasteiger charge is -2.12. The van der Waals surface area contributed by atoms with Crippen LogP contribution >= 0.6 is 0 Å². The molecule has 4 heterocycles. The van der Waals surface area contributed by atoms with E-state index in [0.717, 1.165) is 18.2 Å². The smallest absolute Gasteiger partial charge is 0.433 e. The highest BCUT2D eigenvalue weighted by Gasteiger charge is 2.35. The number of carbonyl (C=O) groups excluding carboxylic acids is 1. The first kappa shape index (κ1) is 28.3. The number of pyridine rings is 3. The molecule has 9 nitrogen and oxygen atoms in total. The Balaban J connectivity index is 1.39. The predicted molar refractivity (Wildman–Crippen MR) is 134 cm³/mol. The van der Waals surface area contributed by atoms with E-state index in [2.05, 4.69) is 20.3 Å². The normalized spacial score (nSPS) is 16.6. The van der Waals surface area contributed by atoms with Crippen LogP contribution in [0.4, 0.5) is 22.0 Å². The fourth-order valence-corrected chi connectivity index (χ4v) is 5.49. The Morgan fingerprint density at radius 1 is 1.15 bits per heavy atom. The molecule has 0 bridgehead atoms. The second-order valence-corrected chi connectivity index (χ2v) is 10.9. The number of ether oxygens (including phenoxy) is 2. The highest BCUT2D eigenvalue weighted by atomic mass is 32.2. The molecule has 3 aromatic heterocycles. The lowest BCUT2D eigenvalue weighted by Crippen LogP contribution is -2.25. The molecule has 0 radical (unpaired) electrons. The Bertz CT molecular complexity index is 1780. The van der Waals surface area contributed by atoms with Crippen LogP contribution in [0.15, 0.2) is 53.6 Å². The number of hydrogen-bond acceptors (Lipinski definition) is 8. The van der Waals surface area contributed by atoms with Crippen LogP contribution in [0.25, 0.3) is 22.2 Å². The van der Waals surface area contributed by atoms with Gasteiger partial charge in [-0.15, -0.1) is 0 Å². The van der Waals surface area contributed by atoms with Crippen molar-refractivity contribution in [2.75, 3.05) is 13.7 Å². The third-order valence-corrected chi connectivity index (χ3v) is 8.02. The Morgan fingerprint density at radius 2 is 1.93 bits per heavy atom. The average Bonchev–Trinajstić information content (AvgIpc) is 3.05. The minimum absolute atomic E-state index is 0.174. The number of nitrogens with zero attached hydrogens (tertiary/aromatic N) is 3. The van der Waals surface area contributed by atoms with E-state index < -0.39 is 57.0 Å². The second kappa shape index (κ2) is 10.6. The zero-order valence-corrected chi connectivity index (χ0v) is 21.8. The second-order valence-electron chi connectivity index (χ2n) is 8.90. The van der Waals surface area contributed by atoms with Crippen LogP contribution in [0.2, 0.25) is 0 Å². The Hall–Kier alpha value is -4.24. The molecule has 0 aliphatic carbocycles. The van der Waals surface area contributed by atoms with Gasteiger partial charge in [0.15, 0.2) is 0 Å². The zero-order chi connectivity index (χ0) is 29.5. The molecule has 41 heavy (non-hydrogen) atoms. The molecule has 4 aromatic rings. The van der Waals surface area contributed by atoms with Gasteiger partial charge in [-0.25, -0.2) is 27.2 Å². The first-order valence-electron chi connectivity index (χ1n) is 11.8. The molecule has 1 aromatic carbocycles. The van der Waals surface area contributed by atoms with Crippen molar-refractivity contribution in [3.63, 3.8) is 0 Å². The number of fused-ring (bicyclic) bond motifs is 2. The van der Waals surface area contributed by atoms with Gasteiger partial charge in [-0.05, 0) is 42.5 Å². The van der Waals surface area contributed by atoms with Crippen LogP contribution in [0.1, 0.15) is 27.3 Å². The van der Waals surface area contributed by atoms with Gasteiger partial charge in [-0.1, -0.05) is 0 Å². The number of hydrogen-bond donors (Lipinski definition) is 1. The van der Waals surface area contributed by atoms with E-state index in [0.29, 0.717) is 16.6 Å². The molecular formula is C26H19F5N4O5S. The van der Waals surface area contributed by atoms with Gasteiger partial charge < -0.3 is 14.8 Å². The molecule has 214 valence electrons. The molecule has 0 saturated heterocycles. The van der Waals surface area contributed by atoms with Crippen molar-refractivity contribution in [3.8, 4) is 17.1 Å². The molecule has 0 fully saturated rings. The summed E-state index contributed by atoms with van der Waals surface area (Å²) >= 11 is 0. The average molecular weight is 595 g/mol. The maximum Gasteiger partial charge on any atom is 0.433 e. The molecule has 0 spiro atoms. The van der Waals surface area contributed by atoms with Crippen LogP contribution in [0.5, 0.6) is 5.88 Å². The molecule has 15 heteroatoms. The highest BCUT2D eigenvalue weighted by molar-refractivity contribution is 7.92. The van der Waals surface area contributed by atoms with E-state index in [-0.39, 0.29) is 34.8 Å². The largest absolute Gasteiger partial charge is 0.480 e. The summed E-state index contributed by atoms with van der Waals surface area (Å²) in [5, 5.41) is 3.09.